The van der Waals surface area contributed by atoms with Gasteiger partial charge in [-0.25, -0.2) is 0 Å². The summed E-state index contributed by atoms with van der Waals surface area (Å²) in [5.74, 6) is -0.900. The molecule has 87 valence electrons. The molecule has 0 rings (SSSR count). The Hall–Kier alpha value is 0.640. The number of rotatable bonds is 7. The second-order valence-corrected chi connectivity index (χ2v) is 4.76. The predicted molar refractivity (Wildman–Crippen MR) is 60.0 cm³/mol. The summed E-state index contributed by atoms with van der Waals surface area (Å²) in [6.07, 6.45) is 1.27. The third kappa shape index (κ3) is 9.56. The van der Waals surface area contributed by atoms with Crippen LogP contribution in [0, 0.1) is 6.92 Å². The monoisotopic (exact) mass is 265 g/mol. The van der Waals surface area contributed by atoms with E-state index in [0.29, 0.717) is 12.8 Å². The normalized spacial score (nSPS) is 12.9. The van der Waals surface area contributed by atoms with Crippen LogP contribution in [0.3, 0.4) is 0 Å². The maximum atomic E-state index is 10.7. The molecule has 0 aliphatic carbocycles. The maximum absolute atomic E-state index is 10.7. The minimum atomic E-state index is -4.03. The molecule has 0 aromatic rings. The van der Waals surface area contributed by atoms with E-state index in [9.17, 15) is 13.2 Å². The van der Waals surface area contributed by atoms with Gasteiger partial charge in [-0.2, -0.15) is 8.42 Å². The van der Waals surface area contributed by atoms with E-state index >= 15 is 0 Å². The summed E-state index contributed by atoms with van der Waals surface area (Å²) >= 11 is 0. The molecule has 0 aromatic heterocycles. The van der Waals surface area contributed by atoms with Crippen LogP contribution in [0.4, 0.5) is 0 Å². The van der Waals surface area contributed by atoms with Crippen LogP contribution in [0.2, 0.25) is 0 Å². The van der Waals surface area contributed by atoms with Gasteiger partial charge < -0.3 is 5.11 Å². The number of carboxylic acids is 1. The van der Waals surface area contributed by atoms with Gasteiger partial charge in [0.05, 0.1) is 5.25 Å². The van der Waals surface area contributed by atoms with Gasteiger partial charge in [-0.15, -0.1) is 0 Å². The van der Waals surface area contributed by atoms with Crippen molar-refractivity contribution in [2.24, 2.45) is 0 Å². The Kier molecular flexibility index (Phi) is 10.5. The number of carbonyl (C=O) groups is 1. The molecule has 0 saturated heterocycles. The number of unbranched alkanes of at least 4 members (excludes halogenated alkanes) is 1. The molecule has 2 N–H and O–H groups in total. The zero-order chi connectivity index (χ0) is 11.2. The molecule has 0 bridgehead atoms. The predicted octanol–water partition coefficient (Wildman–Crippen LogP) is 0.196. The van der Waals surface area contributed by atoms with Crippen LogP contribution in [0.15, 0.2) is 0 Å². The van der Waals surface area contributed by atoms with Crippen LogP contribution in [0.1, 0.15) is 32.1 Å². The summed E-state index contributed by atoms with van der Waals surface area (Å²) in [5, 5.41) is 7.45. The van der Waals surface area contributed by atoms with Crippen molar-refractivity contribution in [3.05, 3.63) is 6.92 Å². The first kappa shape index (κ1) is 18.0. The van der Waals surface area contributed by atoms with Gasteiger partial charge in [0.1, 0.15) is 0 Å². The van der Waals surface area contributed by atoms with Gasteiger partial charge in [0, 0.05) is 6.42 Å². The quantitative estimate of drug-likeness (QED) is 0.390. The van der Waals surface area contributed by atoms with Crippen LogP contribution in [0.5, 0.6) is 0 Å². The molecule has 0 spiro atoms. The molecular weight excluding hydrogens is 248 g/mol. The third-order valence-corrected chi connectivity index (χ3v) is 3.22. The van der Waals surface area contributed by atoms with E-state index < -0.39 is 21.3 Å². The number of hydrogen-bond acceptors (Lipinski definition) is 3. The SMILES string of the molecule is [CH2]CC(CCCCC(=O)O)S(=O)(=O)O.[CaH2]. The second-order valence-electron chi connectivity index (χ2n) is 3.07. The first-order valence-electron chi connectivity index (χ1n) is 4.35. The molecule has 0 aliphatic rings. The van der Waals surface area contributed by atoms with Gasteiger partial charge in [-0.05, 0) is 19.3 Å². The molecule has 15 heavy (non-hydrogen) atoms. The summed E-state index contributed by atoms with van der Waals surface area (Å²) in [6.45, 7) is 3.41. The molecule has 1 atom stereocenters. The van der Waals surface area contributed by atoms with Gasteiger partial charge in [0.25, 0.3) is 10.1 Å². The molecular formula is C8H17CaO5S. The minimum absolute atomic E-state index is 0. The zero-order valence-electron chi connectivity index (χ0n) is 7.85. The van der Waals surface area contributed by atoms with Gasteiger partial charge in [0.2, 0.25) is 0 Å². The van der Waals surface area contributed by atoms with E-state index in [1.807, 2.05) is 0 Å². The van der Waals surface area contributed by atoms with Crippen LogP contribution in [0.25, 0.3) is 0 Å². The van der Waals surface area contributed by atoms with Crippen LogP contribution in [-0.2, 0) is 14.9 Å². The molecule has 0 aliphatic heterocycles. The average molecular weight is 265 g/mol. The van der Waals surface area contributed by atoms with Gasteiger partial charge in [-0.1, -0.05) is 13.3 Å². The van der Waals surface area contributed by atoms with E-state index in [2.05, 4.69) is 6.92 Å². The summed E-state index contributed by atoms with van der Waals surface area (Å²) in [7, 11) is -4.03. The molecule has 0 heterocycles. The van der Waals surface area contributed by atoms with Gasteiger partial charge >= 0.3 is 43.7 Å². The van der Waals surface area contributed by atoms with E-state index in [-0.39, 0.29) is 57.0 Å². The fraction of sp³-hybridized carbons (Fsp3) is 0.750. The first-order chi connectivity index (χ1) is 6.38. The first-order valence-corrected chi connectivity index (χ1v) is 5.85. The molecule has 0 fully saturated rings. The van der Waals surface area contributed by atoms with Crippen molar-refractivity contribution in [2.75, 3.05) is 0 Å². The van der Waals surface area contributed by atoms with Crippen molar-refractivity contribution >= 4 is 53.8 Å². The fourth-order valence-corrected chi connectivity index (χ4v) is 1.85. The second kappa shape index (κ2) is 8.75. The molecule has 7 heteroatoms. The Morgan fingerprint density at radius 3 is 2.20 bits per heavy atom. The third-order valence-electron chi connectivity index (χ3n) is 1.91. The molecule has 0 saturated carbocycles. The Balaban J connectivity index is 0. The van der Waals surface area contributed by atoms with Crippen molar-refractivity contribution in [1.82, 2.24) is 0 Å². The van der Waals surface area contributed by atoms with Crippen molar-refractivity contribution in [3.63, 3.8) is 0 Å². The number of aliphatic carboxylic acids is 1. The van der Waals surface area contributed by atoms with Crippen molar-refractivity contribution in [3.8, 4) is 0 Å². The average Bonchev–Trinajstić information content (AvgIpc) is 2.01. The van der Waals surface area contributed by atoms with E-state index in [0.717, 1.165) is 0 Å². The van der Waals surface area contributed by atoms with Gasteiger partial charge in [-0.3, -0.25) is 9.35 Å². The van der Waals surface area contributed by atoms with E-state index in [4.69, 9.17) is 9.66 Å². The standard InChI is InChI=1S/C8H15O5S.Ca.2H/c1-2-7(14(11,12)13)5-3-4-6-8(9)10;;;/h7H,1-6H2,(H,9,10)(H,11,12,13);;;. The Labute approximate surface area is 120 Å². The van der Waals surface area contributed by atoms with Crippen molar-refractivity contribution < 1.29 is 22.9 Å². The Morgan fingerprint density at radius 2 is 1.87 bits per heavy atom. The summed E-state index contributed by atoms with van der Waals surface area (Å²) < 4.78 is 30.1. The molecule has 5 nitrogen and oxygen atoms in total. The van der Waals surface area contributed by atoms with Crippen molar-refractivity contribution in [1.29, 1.82) is 0 Å². The van der Waals surface area contributed by atoms with Crippen molar-refractivity contribution in [2.45, 2.75) is 37.4 Å². The van der Waals surface area contributed by atoms with E-state index in [1.165, 1.54) is 0 Å². The van der Waals surface area contributed by atoms with E-state index in [1.54, 1.807) is 0 Å². The van der Waals surface area contributed by atoms with Crippen LogP contribution in [-0.4, -0.2) is 67.0 Å². The zero-order valence-corrected chi connectivity index (χ0v) is 8.66. The summed E-state index contributed by atoms with van der Waals surface area (Å²) in [5.41, 5.74) is 0. The van der Waals surface area contributed by atoms with Crippen LogP contribution < -0.4 is 0 Å². The Morgan fingerprint density at radius 1 is 1.33 bits per heavy atom. The molecule has 1 radical (unpaired) electrons. The Bertz CT molecular complexity index is 275. The fourth-order valence-electron chi connectivity index (χ4n) is 1.09. The summed E-state index contributed by atoms with van der Waals surface area (Å²) in [6, 6.07) is 0. The topological polar surface area (TPSA) is 91.7 Å². The number of carboxylic acid groups (broad SMARTS) is 1. The molecule has 0 aromatic carbocycles. The molecule has 1 unspecified atom stereocenters. The van der Waals surface area contributed by atoms with Gasteiger partial charge in [0.15, 0.2) is 0 Å². The van der Waals surface area contributed by atoms with Crippen LogP contribution >= 0.6 is 0 Å². The number of hydrogen-bond donors (Lipinski definition) is 2. The molecule has 0 amide bonds. The summed E-state index contributed by atoms with van der Waals surface area (Å²) in [4.78, 5) is 10.1.